The zero-order valence-corrected chi connectivity index (χ0v) is 17.0. The minimum absolute atomic E-state index is 0.272. The van der Waals surface area contributed by atoms with E-state index in [1.807, 2.05) is 0 Å². The van der Waals surface area contributed by atoms with Gasteiger partial charge in [-0.15, -0.1) is 0 Å². The summed E-state index contributed by atoms with van der Waals surface area (Å²) in [7, 11) is -6.83. The van der Waals surface area contributed by atoms with E-state index in [1.165, 1.54) is 0 Å². The van der Waals surface area contributed by atoms with E-state index in [4.69, 9.17) is 27.1 Å². The molecule has 0 N–H and O–H groups in total. The van der Waals surface area contributed by atoms with Crippen LogP contribution in [0.4, 0.5) is 0 Å². The summed E-state index contributed by atoms with van der Waals surface area (Å²) in [5.74, 6) is 0. The Balaban J connectivity index is 3.79. The summed E-state index contributed by atoms with van der Waals surface area (Å²) < 4.78 is 54.7. The topological polar surface area (TPSA) is 89.5 Å². The molecule has 0 saturated heterocycles. The molecular weight excluding hydrogens is 358 g/mol. The molecule has 146 valence electrons. The first-order valence-corrected chi connectivity index (χ1v) is 11.4. The Morgan fingerprint density at radius 2 is 0.792 bits per heavy atom. The lowest BCUT2D eigenvalue weighted by Crippen LogP contribution is -2.02. The maximum Gasteiger partial charge on any atom is 0.474 e. The van der Waals surface area contributed by atoms with Crippen molar-refractivity contribution < 1.29 is 36.3 Å². The molecule has 0 aromatic rings. The molecule has 0 atom stereocenters. The van der Waals surface area contributed by atoms with E-state index in [-0.39, 0.29) is 26.4 Å². The molecule has 0 amide bonds. The van der Waals surface area contributed by atoms with Crippen molar-refractivity contribution in [3.8, 4) is 0 Å². The molecule has 0 aromatic heterocycles. The summed E-state index contributed by atoms with van der Waals surface area (Å²) in [6.45, 7) is 8.63. The number of phosphoric acid groups is 2. The van der Waals surface area contributed by atoms with E-state index in [1.54, 1.807) is 27.7 Å². The normalized spacial score (nSPS) is 12.7. The fraction of sp³-hybridized carbons (Fsp3) is 1.00. The van der Waals surface area contributed by atoms with E-state index in [9.17, 15) is 9.13 Å². The van der Waals surface area contributed by atoms with Gasteiger partial charge in [-0.05, 0) is 40.5 Å². The molecule has 0 aliphatic heterocycles. The first kappa shape index (κ1) is 24.2. The van der Waals surface area contributed by atoms with Crippen LogP contribution >= 0.6 is 15.6 Å². The van der Waals surface area contributed by atoms with Crippen molar-refractivity contribution in [2.45, 2.75) is 53.4 Å². The molecule has 0 saturated carbocycles. The largest absolute Gasteiger partial charge is 0.474 e. The predicted octanol–water partition coefficient (Wildman–Crippen LogP) is 4.94. The molecule has 24 heavy (non-hydrogen) atoms. The van der Waals surface area contributed by atoms with E-state index < -0.39 is 15.6 Å². The summed E-state index contributed by atoms with van der Waals surface area (Å²) in [5, 5.41) is 0. The molecule has 0 bridgehead atoms. The standard InChI is InChI=1S/C14H32O8P2/c1-5-17-23(15,18-6-2)21-13-11-9-10-12-14-22-24(16,19-7-3)20-8-4/h5-14H2,1-4H3. The minimum atomic E-state index is -3.41. The van der Waals surface area contributed by atoms with Gasteiger partial charge in [-0.2, -0.15) is 0 Å². The van der Waals surface area contributed by atoms with Crippen molar-refractivity contribution in [1.29, 1.82) is 0 Å². The van der Waals surface area contributed by atoms with Crippen molar-refractivity contribution in [1.82, 2.24) is 0 Å². The highest BCUT2D eigenvalue weighted by atomic mass is 31.2. The Bertz CT molecular complexity index is 335. The van der Waals surface area contributed by atoms with Gasteiger partial charge in [-0.25, -0.2) is 9.13 Å². The van der Waals surface area contributed by atoms with E-state index >= 15 is 0 Å². The Morgan fingerprint density at radius 3 is 1.04 bits per heavy atom. The van der Waals surface area contributed by atoms with Crippen LogP contribution in [-0.2, 0) is 36.3 Å². The second-order valence-electron chi connectivity index (χ2n) is 4.65. The second kappa shape index (κ2) is 14.4. The molecule has 0 aromatic carbocycles. The SMILES string of the molecule is CCOP(=O)(OCC)OCCCCCCOP(=O)(OCC)OCC. The minimum Gasteiger partial charge on any atom is -0.287 e. The van der Waals surface area contributed by atoms with Gasteiger partial charge in [0.2, 0.25) is 0 Å². The number of rotatable bonds is 17. The van der Waals surface area contributed by atoms with Gasteiger partial charge in [0.1, 0.15) is 0 Å². The molecule has 10 heteroatoms. The van der Waals surface area contributed by atoms with Crippen LogP contribution in [-0.4, -0.2) is 39.6 Å². The van der Waals surface area contributed by atoms with Crippen molar-refractivity contribution >= 4 is 15.6 Å². The Morgan fingerprint density at radius 1 is 0.500 bits per heavy atom. The fourth-order valence-corrected chi connectivity index (χ4v) is 4.18. The van der Waals surface area contributed by atoms with Crippen LogP contribution in [0.3, 0.4) is 0 Å². The smallest absolute Gasteiger partial charge is 0.287 e. The third-order valence-corrected chi connectivity index (χ3v) is 5.98. The van der Waals surface area contributed by atoms with E-state index in [0.29, 0.717) is 13.2 Å². The van der Waals surface area contributed by atoms with E-state index in [2.05, 4.69) is 0 Å². The summed E-state index contributed by atoms with van der Waals surface area (Å²) in [4.78, 5) is 0. The van der Waals surface area contributed by atoms with Gasteiger partial charge in [0.05, 0.1) is 39.6 Å². The molecule has 0 aliphatic rings. The van der Waals surface area contributed by atoms with Gasteiger partial charge in [-0.1, -0.05) is 12.8 Å². The molecule has 0 aliphatic carbocycles. The van der Waals surface area contributed by atoms with Crippen molar-refractivity contribution in [3.63, 3.8) is 0 Å². The second-order valence-corrected chi connectivity index (χ2v) is 7.98. The molecular formula is C14H32O8P2. The van der Waals surface area contributed by atoms with Crippen LogP contribution in [0.2, 0.25) is 0 Å². The molecule has 8 nitrogen and oxygen atoms in total. The summed E-state index contributed by atoms with van der Waals surface area (Å²) in [5.41, 5.74) is 0. The van der Waals surface area contributed by atoms with Gasteiger partial charge in [0.15, 0.2) is 0 Å². The lowest BCUT2D eigenvalue weighted by Gasteiger charge is -2.16. The molecule has 0 unspecified atom stereocenters. The number of unbranched alkanes of at least 4 members (excludes halogenated alkanes) is 3. The van der Waals surface area contributed by atoms with Gasteiger partial charge < -0.3 is 0 Å². The predicted molar refractivity (Wildman–Crippen MR) is 92.1 cm³/mol. The third-order valence-electron chi connectivity index (χ3n) is 2.69. The fourth-order valence-electron chi connectivity index (χ4n) is 1.77. The quantitative estimate of drug-likeness (QED) is 0.255. The Hall–Kier alpha value is 0.220. The number of hydrogen-bond acceptors (Lipinski definition) is 8. The van der Waals surface area contributed by atoms with Crippen LogP contribution < -0.4 is 0 Å². The maximum atomic E-state index is 12.0. The number of phosphoric ester groups is 2. The van der Waals surface area contributed by atoms with Gasteiger partial charge >= 0.3 is 15.6 Å². The third kappa shape index (κ3) is 11.7. The van der Waals surface area contributed by atoms with Crippen LogP contribution in [0.15, 0.2) is 0 Å². The zero-order valence-electron chi connectivity index (χ0n) is 15.2. The lowest BCUT2D eigenvalue weighted by molar-refractivity contribution is 0.115. The van der Waals surface area contributed by atoms with Crippen LogP contribution in [0, 0.1) is 0 Å². The molecule has 0 radical (unpaired) electrons. The van der Waals surface area contributed by atoms with Crippen LogP contribution in [0.25, 0.3) is 0 Å². The Kier molecular flexibility index (Phi) is 14.5. The molecule has 0 rings (SSSR count). The average molecular weight is 390 g/mol. The highest BCUT2D eigenvalue weighted by molar-refractivity contribution is 7.48. The van der Waals surface area contributed by atoms with Gasteiger partial charge in [0.25, 0.3) is 0 Å². The van der Waals surface area contributed by atoms with Crippen LogP contribution in [0.1, 0.15) is 53.4 Å². The van der Waals surface area contributed by atoms with Crippen molar-refractivity contribution in [3.05, 3.63) is 0 Å². The highest BCUT2D eigenvalue weighted by Crippen LogP contribution is 2.50. The summed E-state index contributed by atoms with van der Waals surface area (Å²) in [6, 6.07) is 0. The summed E-state index contributed by atoms with van der Waals surface area (Å²) in [6.07, 6.45) is 3.15. The highest BCUT2D eigenvalue weighted by Gasteiger charge is 2.25. The lowest BCUT2D eigenvalue weighted by atomic mass is 10.2. The average Bonchev–Trinajstić information content (AvgIpc) is 2.51. The van der Waals surface area contributed by atoms with Gasteiger partial charge in [0, 0.05) is 0 Å². The Labute approximate surface area is 145 Å². The monoisotopic (exact) mass is 390 g/mol. The molecule has 0 fully saturated rings. The van der Waals surface area contributed by atoms with Crippen molar-refractivity contribution in [2.75, 3.05) is 39.6 Å². The van der Waals surface area contributed by atoms with E-state index in [0.717, 1.165) is 25.7 Å². The zero-order chi connectivity index (χ0) is 18.3. The first-order valence-electron chi connectivity index (χ1n) is 8.52. The number of hydrogen-bond donors (Lipinski definition) is 0. The van der Waals surface area contributed by atoms with Crippen LogP contribution in [0.5, 0.6) is 0 Å². The summed E-state index contributed by atoms with van der Waals surface area (Å²) >= 11 is 0. The molecule has 0 spiro atoms. The molecule has 0 heterocycles. The van der Waals surface area contributed by atoms with Crippen molar-refractivity contribution in [2.24, 2.45) is 0 Å². The first-order chi connectivity index (χ1) is 11.4. The van der Waals surface area contributed by atoms with Gasteiger partial charge in [-0.3, -0.25) is 27.1 Å². The maximum absolute atomic E-state index is 12.0.